The fourth-order valence-corrected chi connectivity index (χ4v) is 2.19. The van der Waals surface area contributed by atoms with E-state index in [2.05, 4.69) is 5.32 Å². The molecule has 1 N–H and O–H groups in total. The Hall–Kier alpha value is -2.64. The number of nitriles is 1. The van der Waals surface area contributed by atoms with E-state index >= 15 is 0 Å². The molecule has 1 amide bonds. The van der Waals surface area contributed by atoms with Crippen LogP contribution in [0.5, 0.6) is 0 Å². The number of carbonyl (C=O) groups is 1. The molecule has 4 nitrogen and oxygen atoms in total. The molecule has 0 saturated heterocycles. The average Bonchev–Trinajstić information content (AvgIpc) is 2.61. The minimum atomic E-state index is -0.168. The summed E-state index contributed by atoms with van der Waals surface area (Å²) in [5, 5.41) is 11.7. The van der Waals surface area contributed by atoms with E-state index in [0.717, 1.165) is 12.0 Å². The number of rotatable bonds is 7. The van der Waals surface area contributed by atoms with E-state index in [1.54, 1.807) is 24.3 Å². The molecule has 2 aromatic carbocycles. The zero-order valence-corrected chi connectivity index (χ0v) is 13.2. The Morgan fingerprint density at radius 2 is 2.00 bits per heavy atom. The van der Waals surface area contributed by atoms with E-state index in [-0.39, 0.29) is 12.0 Å². The van der Waals surface area contributed by atoms with Crippen LogP contribution in [0, 0.1) is 11.3 Å². The first-order valence-corrected chi connectivity index (χ1v) is 7.65. The van der Waals surface area contributed by atoms with Crippen LogP contribution in [0.1, 0.15) is 40.9 Å². The predicted molar refractivity (Wildman–Crippen MR) is 88.9 cm³/mol. The van der Waals surface area contributed by atoms with Gasteiger partial charge in [0, 0.05) is 18.7 Å². The van der Waals surface area contributed by atoms with Crippen molar-refractivity contribution in [1.82, 2.24) is 5.32 Å². The molecule has 0 aliphatic heterocycles. The molecule has 2 rings (SSSR count). The molecule has 0 fully saturated rings. The summed E-state index contributed by atoms with van der Waals surface area (Å²) in [4.78, 5) is 12.0. The number of amides is 1. The Labute approximate surface area is 136 Å². The van der Waals surface area contributed by atoms with Crippen LogP contribution in [0.15, 0.2) is 54.6 Å². The number of nitrogens with zero attached hydrogens (tertiary/aromatic N) is 1. The second-order valence-corrected chi connectivity index (χ2v) is 5.23. The zero-order valence-electron chi connectivity index (χ0n) is 13.2. The smallest absolute Gasteiger partial charge is 0.251 e. The summed E-state index contributed by atoms with van der Waals surface area (Å²) < 4.78 is 5.76. The van der Waals surface area contributed by atoms with Gasteiger partial charge in [0.25, 0.3) is 5.91 Å². The monoisotopic (exact) mass is 308 g/mol. The second-order valence-electron chi connectivity index (χ2n) is 5.23. The highest BCUT2D eigenvalue weighted by molar-refractivity contribution is 5.94. The highest BCUT2D eigenvalue weighted by atomic mass is 16.5. The molecule has 0 saturated carbocycles. The highest BCUT2D eigenvalue weighted by Gasteiger charge is 2.07. The largest absolute Gasteiger partial charge is 0.374 e. The topological polar surface area (TPSA) is 62.1 Å². The quantitative estimate of drug-likeness (QED) is 0.797. The van der Waals surface area contributed by atoms with Gasteiger partial charge in [0.2, 0.25) is 0 Å². The molecule has 1 atom stereocenters. The third kappa shape index (κ3) is 5.24. The van der Waals surface area contributed by atoms with Gasteiger partial charge in [-0.05, 0) is 37.1 Å². The Morgan fingerprint density at radius 3 is 2.74 bits per heavy atom. The first-order chi connectivity index (χ1) is 11.2. The summed E-state index contributed by atoms with van der Waals surface area (Å²) >= 11 is 0. The van der Waals surface area contributed by atoms with E-state index in [9.17, 15) is 4.79 Å². The van der Waals surface area contributed by atoms with Crippen molar-refractivity contribution < 1.29 is 9.53 Å². The molecule has 0 spiro atoms. The van der Waals surface area contributed by atoms with E-state index < -0.39 is 0 Å². The molecule has 0 heterocycles. The third-order valence-electron chi connectivity index (χ3n) is 3.50. The van der Waals surface area contributed by atoms with Crippen LogP contribution in [-0.4, -0.2) is 19.1 Å². The SMILES string of the molecule is C[C@@H](OCCCNC(=O)c1cccc(C#N)c1)c1ccccc1. The lowest BCUT2D eigenvalue weighted by molar-refractivity contribution is 0.0635. The molecular formula is C19H20N2O2. The van der Waals surface area contributed by atoms with Crippen LogP contribution in [0.3, 0.4) is 0 Å². The van der Waals surface area contributed by atoms with Gasteiger partial charge in [-0.15, -0.1) is 0 Å². The van der Waals surface area contributed by atoms with Gasteiger partial charge in [-0.25, -0.2) is 0 Å². The minimum absolute atomic E-state index is 0.0409. The van der Waals surface area contributed by atoms with E-state index in [1.165, 1.54) is 0 Å². The molecule has 0 aromatic heterocycles. The maximum Gasteiger partial charge on any atom is 0.251 e. The molecule has 2 aromatic rings. The van der Waals surface area contributed by atoms with Crippen molar-refractivity contribution in [3.05, 3.63) is 71.3 Å². The molecule has 0 bridgehead atoms. The maximum absolute atomic E-state index is 12.0. The normalized spacial score (nSPS) is 11.5. The van der Waals surface area contributed by atoms with Crippen molar-refractivity contribution in [3.63, 3.8) is 0 Å². The number of nitrogens with one attached hydrogen (secondary N) is 1. The Morgan fingerprint density at radius 1 is 1.22 bits per heavy atom. The summed E-state index contributed by atoms with van der Waals surface area (Å²) in [6.07, 6.45) is 0.778. The summed E-state index contributed by atoms with van der Waals surface area (Å²) in [5.74, 6) is -0.168. The van der Waals surface area contributed by atoms with Crippen molar-refractivity contribution in [2.75, 3.05) is 13.2 Å². The van der Waals surface area contributed by atoms with Crippen molar-refractivity contribution in [2.45, 2.75) is 19.4 Å². The van der Waals surface area contributed by atoms with Crippen molar-refractivity contribution >= 4 is 5.91 Å². The van der Waals surface area contributed by atoms with Crippen LogP contribution in [0.2, 0.25) is 0 Å². The van der Waals surface area contributed by atoms with Crippen LogP contribution >= 0.6 is 0 Å². The minimum Gasteiger partial charge on any atom is -0.374 e. The lowest BCUT2D eigenvalue weighted by Crippen LogP contribution is -2.25. The molecule has 23 heavy (non-hydrogen) atoms. The van der Waals surface area contributed by atoms with Crippen molar-refractivity contribution in [2.24, 2.45) is 0 Å². The van der Waals surface area contributed by atoms with Crippen LogP contribution < -0.4 is 5.32 Å². The Kier molecular flexibility index (Phi) is 6.34. The van der Waals surface area contributed by atoms with Gasteiger partial charge in [0.05, 0.1) is 17.7 Å². The molecule has 4 heteroatoms. The number of hydrogen-bond acceptors (Lipinski definition) is 3. The summed E-state index contributed by atoms with van der Waals surface area (Å²) in [5.41, 5.74) is 2.13. The van der Waals surface area contributed by atoms with E-state index in [0.29, 0.717) is 24.3 Å². The number of carbonyl (C=O) groups excluding carboxylic acids is 1. The van der Waals surface area contributed by atoms with Crippen molar-refractivity contribution in [1.29, 1.82) is 5.26 Å². The standard InChI is InChI=1S/C19H20N2O2/c1-15(17-8-3-2-4-9-17)23-12-6-11-21-19(22)18-10-5-7-16(13-18)14-20/h2-5,7-10,13,15H,6,11-12H2,1H3,(H,21,22)/t15-/m1/s1. The third-order valence-corrected chi connectivity index (χ3v) is 3.50. The number of ether oxygens (including phenoxy) is 1. The fraction of sp³-hybridized carbons (Fsp3) is 0.263. The lowest BCUT2D eigenvalue weighted by Gasteiger charge is -2.13. The maximum atomic E-state index is 12.0. The van der Waals surface area contributed by atoms with E-state index in [1.807, 2.05) is 43.3 Å². The van der Waals surface area contributed by atoms with Gasteiger partial charge in [0.1, 0.15) is 0 Å². The van der Waals surface area contributed by atoms with Gasteiger partial charge in [-0.3, -0.25) is 4.79 Å². The molecule has 0 aliphatic rings. The Balaban J connectivity index is 1.69. The fourth-order valence-electron chi connectivity index (χ4n) is 2.19. The lowest BCUT2D eigenvalue weighted by atomic mass is 10.1. The predicted octanol–water partition coefficient (Wildman–Crippen LogP) is 3.46. The van der Waals surface area contributed by atoms with Gasteiger partial charge in [-0.1, -0.05) is 36.4 Å². The zero-order chi connectivity index (χ0) is 16.5. The Bertz CT molecular complexity index is 677. The van der Waals surface area contributed by atoms with Gasteiger partial charge in [-0.2, -0.15) is 5.26 Å². The first kappa shape index (κ1) is 16.7. The molecule has 118 valence electrons. The molecule has 0 aliphatic carbocycles. The number of benzene rings is 2. The average molecular weight is 308 g/mol. The summed E-state index contributed by atoms with van der Waals surface area (Å²) in [6, 6.07) is 18.7. The van der Waals surface area contributed by atoms with Crippen LogP contribution in [0.4, 0.5) is 0 Å². The van der Waals surface area contributed by atoms with Crippen LogP contribution in [0.25, 0.3) is 0 Å². The first-order valence-electron chi connectivity index (χ1n) is 7.65. The molecule has 0 radical (unpaired) electrons. The number of hydrogen-bond donors (Lipinski definition) is 1. The van der Waals surface area contributed by atoms with Crippen LogP contribution in [-0.2, 0) is 4.74 Å². The second kappa shape index (κ2) is 8.72. The molecule has 0 unspecified atom stereocenters. The van der Waals surface area contributed by atoms with Gasteiger partial charge < -0.3 is 10.1 Å². The van der Waals surface area contributed by atoms with Crippen molar-refractivity contribution in [3.8, 4) is 6.07 Å². The van der Waals surface area contributed by atoms with E-state index in [4.69, 9.17) is 10.00 Å². The van der Waals surface area contributed by atoms with Gasteiger partial charge >= 0.3 is 0 Å². The summed E-state index contributed by atoms with van der Waals surface area (Å²) in [7, 11) is 0. The molecular weight excluding hydrogens is 288 g/mol. The van der Waals surface area contributed by atoms with Gasteiger partial charge in [0.15, 0.2) is 0 Å². The summed E-state index contributed by atoms with van der Waals surface area (Å²) in [6.45, 7) is 3.13. The highest BCUT2D eigenvalue weighted by Crippen LogP contribution is 2.15.